The number of aliphatic hydroxyl groups is 1. The summed E-state index contributed by atoms with van der Waals surface area (Å²) >= 11 is 0. The van der Waals surface area contributed by atoms with Gasteiger partial charge in [0.2, 0.25) is 10.0 Å². The molecule has 1 aliphatic rings. The van der Waals surface area contributed by atoms with Crippen molar-refractivity contribution >= 4 is 21.6 Å². The van der Waals surface area contributed by atoms with Gasteiger partial charge in [-0.25, -0.2) is 17.5 Å². The zero-order chi connectivity index (χ0) is 22.1. The number of nitriles is 1. The van der Waals surface area contributed by atoms with E-state index in [1.54, 1.807) is 20.0 Å². The first-order valence-corrected chi connectivity index (χ1v) is 10.5. The SMILES string of the molecule is CC#C[C@@H](O)C1CCc2c(cn(C)c2C(=O)Nc2ccc(F)c(C#N)c2)S(=O)(=O)N1. The lowest BCUT2D eigenvalue weighted by molar-refractivity contribution is 0.101. The number of carbonyl (C=O) groups excluding carboxylic acids is 1. The first kappa shape index (κ1) is 21.5. The number of amides is 1. The number of aryl methyl sites for hydroxylation is 1. The molecule has 3 N–H and O–H groups in total. The second-order valence-corrected chi connectivity index (χ2v) is 8.48. The van der Waals surface area contributed by atoms with Gasteiger partial charge in [-0.05, 0) is 38.0 Å². The van der Waals surface area contributed by atoms with E-state index in [0.29, 0.717) is 5.56 Å². The summed E-state index contributed by atoms with van der Waals surface area (Å²) in [7, 11) is -2.45. The molecule has 2 heterocycles. The van der Waals surface area contributed by atoms with E-state index in [0.717, 1.165) is 6.07 Å². The molecule has 156 valence electrons. The fraction of sp³-hybridized carbons (Fsp3) is 0.300. The van der Waals surface area contributed by atoms with Gasteiger partial charge in [-0.3, -0.25) is 4.79 Å². The molecule has 0 radical (unpaired) electrons. The summed E-state index contributed by atoms with van der Waals surface area (Å²) in [6.45, 7) is 1.54. The molecule has 30 heavy (non-hydrogen) atoms. The molecule has 0 spiro atoms. The fourth-order valence-corrected chi connectivity index (χ4v) is 4.98. The van der Waals surface area contributed by atoms with Gasteiger partial charge < -0.3 is 15.0 Å². The number of hydrogen-bond acceptors (Lipinski definition) is 5. The van der Waals surface area contributed by atoms with Crippen molar-refractivity contribution < 1.29 is 22.7 Å². The van der Waals surface area contributed by atoms with E-state index in [4.69, 9.17) is 5.26 Å². The van der Waals surface area contributed by atoms with Crippen molar-refractivity contribution in [2.45, 2.75) is 36.8 Å². The van der Waals surface area contributed by atoms with Crippen LogP contribution in [0.5, 0.6) is 0 Å². The van der Waals surface area contributed by atoms with Crippen LogP contribution < -0.4 is 10.0 Å². The third-order valence-electron chi connectivity index (χ3n) is 4.78. The molecule has 1 aromatic heterocycles. The number of nitrogens with zero attached hydrogens (tertiary/aromatic N) is 2. The minimum absolute atomic E-state index is 0.0499. The van der Waals surface area contributed by atoms with Crippen molar-refractivity contribution in [3.8, 4) is 17.9 Å². The van der Waals surface area contributed by atoms with E-state index >= 15 is 0 Å². The van der Waals surface area contributed by atoms with Gasteiger partial charge in [-0.2, -0.15) is 5.26 Å². The van der Waals surface area contributed by atoms with Crippen molar-refractivity contribution in [2.24, 2.45) is 7.05 Å². The lowest BCUT2D eigenvalue weighted by Gasteiger charge is -2.17. The maximum absolute atomic E-state index is 13.5. The highest BCUT2D eigenvalue weighted by Gasteiger charge is 2.34. The van der Waals surface area contributed by atoms with Crippen LogP contribution in [-0.2, 0) is 23.5 Å². The predicted octanol–water partition coefficient (Wildman–Crippen LogP) is 1.27. The van der Waals surface area contributed by atoms with Gasteiger partial charge in [0.1, 0.15) is 28.6 Å². The predicted molar refractivity (Wildman–Crippen MR) is 106 cm³/mol. The highest BCUT2D eigenvalue weighted by atomic mass is 32.2. The maximum Gasteiger partial charge on any atom is 0.272 e. The molecule has 0 saturated carbocycles. The Kier molecular flexibility index (Phi) is 5.94. The highest BCUT2D eigenvalue weighted by molar-refractivity contribution is 7.89. The van der Waals surface area contributed by atoms with Gasteiger partial charge in [0.25, 0.3) is 5.91 Å². The second-order valence-electron chi connectivity index (χ2n) is 6.80. The molecule has 10 heteroatoms. The van der Waals surface area contributed by atoms with Crippen LogP contribution in [-0.4, -0.2) is 36.1 Å². The Morgan fingerprint density at radius 3 is 2.87 bits per heavy atom. The summed E-state index contributed by atoms with van der Waals surface area (Å²) in [6.07, 6.45) is 0.605. The van der Waals surface area contributed by atoms with Crippen LogP contribution in [0, 0.1) is 29.0 Å². The molecule has 8 nitrogen and oxygen atoms in total. The molecule has 0 fully saturated rings. The van der Waals surface area contributed by atoms with Crippen molar-refractivity contribution in [1.82, 2.24) is 9.29 Å². The monoisotopic (exact) mass is 430 g/mol. The smallest absolute Gasteiger partial charge is 0.272 e. The van der Waals surface area contributed by atoms with Gasteiger partial charge >= 0.3 is 0 Å². The average Bonchev–Trinajstić information content (AvgIpc) is 2.97. The molecule has 3 rings (SSSR count). The summed E-state index contributed by atoms with van der Waals surface area (Å²) < 4.78 is 42.9. The minimum atomic E-state index is -3.99. The first-order chi connectivity index (χ1) is 14.2. The first-order valence-electron chi connectivity index (χ1n) is 8.99. The van der Waals surface area contributed by atoms with E-state index in [9.17, 15) is 22.7 Å². The number of rotatable bonds is 3. The lowest BCUT2D eigenvalue weighted by atomic mass is 10.0. The Morgan fingerprint density at radius 1 is 1.47 bits per heavy atom. The summed E-state index contributed by atoms with van der Waals surface area (Å²) in [5.41, 5.74) is 0.410. The number of halogens is 1. The van der Waals surface area contributed by atoms with E-state index in [1.165, 1.54) is 22.9 Å². The number of aliphatic hydroxyl groups excluding tert-OH is 1. The Labute approximate surface area is 173 Å². The molecule has 0 aliphatic carbocycles. The van der Waals surface area contributed by atoms with Gasteiger partial charge in [0, 0.05) is 24.5 Å². The highest BCUT2D eigenvalue weighted by Crippen LogP contribution is 2.28. The summed E-state index contributed by atoms with van der Waals surface area (Å²) in [6, 6.07) is 4.45. The molecular formula is C20H19FN4O4S. The van der Waals surface area contributed by atoms with Crippen LogP contribution in [0.4, 0.5) is 10.1 Å². The molecule has 2 atom stereocenters. The second kappa shape index (κ2) is 8.28. The number of benzene rings is 1. The number of fused-ring (bicyclic) bond motifs is 1. The maximum atomic E-state index is 13.5. The van der Waals surface area contributed by atoms with Crippen LogP contribution in [0.15, 0.2) is 29.3 Å². The van der Waals surface area contributed by atoms with Crippen molar-refractivity contribution in [3.05, 3.63) is 47.0 Å². The molecule has 1 unspecified atom stereocenters. The minimum Gasteiger partial charge on any atom is -0.379 e. The van der Waals surface area contributed by atoms with Crippen LogP contribution in [0.3, 0.4) is 0 Å². The fourth-order valence-electron chi connectivity index (χ4n) is 3.39. The number of anilines is 1. The standard InChI is InChI=1S/C20H19FN4O4S/c1-3-4-17(26)16-8-6-14-18(30(28,29)24-16)11-25(2)19(14)20(27)23-13-5-7-15(21)12(9-13)10-22/h5,7,9,11,16-17,24,26H,6,8H2,1-2H3,(H,23,27)/t16?,17-/m1/s1. The van der Waals surface area contributed by atoms with Crippen LogP contribution >= 0.6 is 0 Å². The zero-order valence-electron chi connectivity index (χ0n) is 16.2. The van der Waals surface area contributed by atoms with Crippen molar-refractivity contribution in [2.75, 3.05) is 5.32 Å². The quantitative estimate of drug-likeness (QED) is 0.633. The number of aromatic nitrogens is 1. The Balaban J connectivity index is 1.96. The molecule has 1 amide bonds. The summed E-state index contributed by atoms with van der Waals surface area (Å²) in [5, 5.41) is 21.6. The Morgan fingerprint density at radius 2 is 2.20 bits per heavy atom. The molecule has 0 bridgehead atoms. The Hall–Kier alpha value is -3.18. The molecule has 2 aromatic rings. The lowest BCUT2D eigenvalue weighted by Crippen LogP contribution is -2.41. The Bertz CT molecular complexity index is 1220. The normalized spacial score (nSPS) is 18.2. The molecule has 0 saturated heterocycles. The van der Waals surface area contributed by atoms with Crippen LogP contribution in [0.1, 0.15) is 35.0 Å². The van der Waals surface area contributed by atoms with E-state index in [2.05, 4.69) is 21.9 Å². The third kappa shape index (κ3) is 4.07. The van der Waals surface area contributed by atoms with E-state index in [1.807, 2.05) is 0 Å². The number of hydrogen-bond donors (Lipinski definition) is 3. The van der Waals surface area contributed by atoms with Gasteiger partial charge in [0.05, 0.1) is 11.6 Å². The van der Waals surface area contributed by atoms with E-state index in [-0.39, 0.29) is 34.7 Å². The molecule has 1 aromatic carbocycles. The summed E-state index contributed by atoms with van der Waals surface area (Å²) in [5.74, 6) is 3.78. The molecule has 1 aliphatic heterocycles. The van der Waals surface area contributed by atoms with Gasteiger partial charge in [0.15, 0.2) is 0 Å². The largest absolute Gasteiger partial charge is 0.379 e. The van der Waals surface area contributed by atoms with Crippen LogP contribution in [0.2, 0.25) is 0 Å². The van der Waals surface area contributed by atoms with Crippen molar-refractivity contribution in [3.63, 3.8) is 0 Å². The van der Waals surface area contributed by atoms with Crippen LogP contribution in [0.25, 0.3) is 0 Å². The number of sulfonamides is 1. The summed E-state index contributed by atoms with van der Waals surface area (Å²) in [4.78, 5) is 12.8. The number of carbonyl (C=O) groups is 1. The van der Waals surface area contributed by atoms with E-state index < -0.39 is 33.9 Å². The van der Waals surface area contributed by atoms with Gasteiger partial charge in [-0.1, -0.05) is 5.92 Å². The molecular weight excluding hydrogens is 411 g/mol. The topological polar surface area (TPSA) is 124 Å². The van der Waals surface area contributed by atoms with Crippen molar-refractivity contribution in [1.29, 1.82) is 5.26 Å². The third-order valence-corrected chi connectivity index (χ3v) is 6.33. The average molecular weight is 430 g/mol. The number of nitrogens with one attached hydrogen (secondary N) is 2. The zero-order valence-corrected chi connectivity index (χ0v) is 17.0. The van der Waals surface area contributed by atoms with Gasteiger partial charge in [-0.15, -0.1) is 5.92 Å².